The van der Waals surface area contributed by atoms with E-state index in [0.29, 0.717) is 23.1 Å². The van der Waals surface area contributed by atoms with Crippen LogP contribution in [-0.4, -0.2) is 16.6 Å². The first-order chi connectivity index (χ1) is 12.2. The first-order valence-electron chi connectivity index (χ1n) is 8.05. The predicted molar refractivity (Wildman–Crippen MR) is 98.1 cm³/mol. The number of fused-ring (bicyclic) bond motifs is 1. The molecular weight excluding hydrogens is 314 g/mol. The number of nitriles is 1. The number of allylic oxidation sites excluding steroid dienone is 1. The van der Waals surface area contributed by atoms with Crippen molar-refractivity contribution >= 4 is 22.6 Å². The second-order valence-electron chi connectivity index (χ2n) is 5.52. The van der Waals surface area contributed by atoms with Crippen molar-refractivity contribution in [3.05, 3.63) is 70.3 Å². The fourth-order valence-corrected chi connectivity index (χ4v) is 2.41. The second kappa shape index (κ2) is 7.45. The van der Waals surface area contributed by atoms with Crippen LogP contribution in [0.25, 0.3) is 22.6 Å². The largest absolute Gasteiger partial charge is 0.494 e. The van der Waals surface area contributed by atoms with Crippen LogP contribution in [-0.2, 0) is 0 Å². The summed E-state index contributed by atoms with van der Waals surface area (Å²) in [5.41, 5.74) is 1.43. The number of nitrogens with zero attached hydrogens (tertiary/aromatic N) is 2. The summed E-state index contributed by atoms with van der Waals surface area (Å²) >= 11 is 0. The van der Waals surface area contributed by atoms with Crippen LogP contribution < -0.4 is 10.3 Å². The van der Waals surface area contributed by atoms with E-state index in [0.717, 1.165) is 17.7 Å². The van der Waals surface area contributed by atoms with Crippen LogP contribution in [0, 0.1) is 11.3 Å². The monoisotopic (exact) mass is 331 g/mol. The van der Waals surface area contributed by atoms with Gasteiger partial charge >= 0.3 is 0 Å². The van der Waals surface area contributed by atoms with Gasteiger partial charge in [-0.25, -0.2) is 4.98 Å². The molecule has 0 fully saturated rings. The third kappa shape index (κ3) is 3.75. The van der Waals surface area contributed by atoms with Crippen molar-refractivity contribution in [2.45, 2.75) is 13.3 Å². The molecule has 1 aromatic heterocycles. The Balaban J connectivity index is 1.96. The molecule has 0 bridgehead atoms. The summed E-state index contributed by atoms with van der Waals surface area (Å²) in [5.74, 6) is 1.05. The molecule has 3 aromatic rings. The lowest BCUT2D eigenvalue weighted by Crippen LogP contribution is -2.11. The normalized spacial score (nSPS) is 11.3. The summed E-state index contributed by atoms with van der Waals surface area (Å²) in [5, 5.41) is 9.97. The summed E-state index contributed by atoms with van der Waals surface area (Å²) in [6, 6.07) is 16.6. The standard InChI is InChI=1S/C20H17N3O2/c1-2-11-25-16-9-7-14(8-10-16)12-15(13-21)19-22-18-6-4-3-5-17(18)20(24)23-19/h3-10,12H,2,11H2,1H3,(H,22,23,24)/b15-12+. The molecule has 0 radical (unpaired) electrons. The van der Waals surface area contributed by atoms with E-state index in [-0.39, 0.29) is 11.4 Å². The Morgan fingerprint density at radius 3 is 2.72 bits per heavy atom. The van der Waals surface area contributed by atoms with Gasteiger partial charge in [0.25, 0.3) is 5.56 Å². The smallest absolute Gasteiger partial charge is 0.259 e. The molecule has 3 rings (SSSR count). The van der Waals surface area contributed by atoms with E-state index in [4.69, 9.17) is 4.74 Å². The summed E-state index contributed by atoms with van der Waals surface area (Å²) in [6.07, 6.45) is 2.64. The average Bonchev–Trinajstić information content (AvgIpc) is 2.65. The molecule has 25 heavy (non-hydrogen) atoms. The Bertz CT molecular complexity index is 1010. The molecule has 0 atom stereocenters. The maximum Gasteiger partial charge on any atom is 0.259 e. The molecule has 1 heterocycles. The molecule has 0 amide bonds. The van der Waals surface area contributed by atoms with E-state index >= 15 is 0 Å². The molecule has 124 valence electrons. The van der Waals surface area contributed by atoms with Crippen LogP contribution in [0.4, 0.5) is 0 Å². The summed E-state index contributed by atoms with van der Waals surface area (Å²) in [4.78, 5) is 19.2. The molecule has 1 N–H and O–H groups in total. The van der Waals surface area contributed by atoms with Crippen LogP contribution in [0.1, 0.15) is 24.7 Å². The Morgan fingerprint density at radius 2 is 2.00 bits per heavy atom. The maximum atomic E-state index is 12.2. The Labute approximate surface area is 145 Å². The van der Waals surface area contributed by atoms with Gasteiger partial charge in [0.05, 0.1) is 23.1 Å². The molecule has 0 aliphatic carbocycles. The van der Waals surface area contributed by atoms with Gasteiger partial charge in [0, 0.05) is 0 Å². The van der Waals surface area contributed by atoms with Crippen molar-refractivity contribution in [3.8, 4) is 11.8 Å². The van der Waals surface area contributed by atoms with Gasteiger partial charge in [0.2, 0.25) is 0 Å². The zero-order valence-electron chi connectivity index (χ0n) is 13.8. The van der Waals surface area contributed by atoms with Crippen molar-refractivity contribution in [2.24, 2.45) is 0 Å². The zero-order valence-corrected chi connectivity index (χ0v) is 13.8. The van der Waals surface area contributed by atoms with E-state index < -0.39 is 0 Å². The fourth-order valence-electron chi connectivity index (χ4n) is 2.41. The summed E-state index contributed by atoms with van der Waals surface area (Å²) in [6.45, 7) is 2.72. The Morgan fingerprint density at radius 1 is 1.24 bits per heavy atom. The number of para-hydroxylation sites is 1. The highest BCUT2D eigenvalue weighted by atomic mass is 16.5. The minimum Gasteiger partial charge on any atom is -0.494 e. The van der Waals surface area contributed by atoms with Gasteiger partial charge in [-0.05, 0) is 42.3 Å². The fraction of sp³-hybridized carbons (Fsp3) is 0.150. The lowest BCUT2D eigenvalue weighted by Gasteiger charge is -2.05. The molecule has 0 saturated heterocycles. The third-order valence-electron chi connectivity index (χ3n) is 3.65. The number of nitrogens with one attached hydrogen (secondary N) is 1. The number of aromatic amines is 1. The minimum atomic E-state index is -0.259. The first kappa shape index (κ1) is 16.5. The maximum absolute atomic E-state index is 12.2. The SMILES string of the molecule is CCCOc1ccc(/C=C(\C#N)c2nc3ccccc3c(=O)[nH]2)cc1. The van der Waals surface area contributed by atoms with E-state index in [1.54, 1.807) is 24.3 Å². The molecule has 5 nitrogen and oxygen atoms in total. The first-order valence-corrected chi connectivity index (χ1v) is 8.05. The molecule has 0 aliphatic rings. The topological polar surface area (TPSA) is 78.8 Å². The van der Waals surface area contributed by atoms with Crippen LogP contribution in [0.3, 0.4) is 0 Å². The predicted octanol–water partition coefficient (Wildman–Crippen LogP) is 3.78. The van der Waals surface area contributed by atoms with Crippen molar-refractivity contribution in [3.63, 3.8) is 0 Å². The molecule has 0 spiro atoms. The van der Waals surface area contributed by atoms with Gasteiger partial charge < -0.3 is 9.72 Å². The lowest BCUT2D eigenvalue weighted by molar-refractivity contribution is 0.317. The van der Waals surface area contributed by atoms with E-state index in [9.17, 15) is 10.1 Å². The minimum absolute atomic E-state index is 0.259. The van der Waals surface area contributed by atoms with E-state index in [1.807, 2.05) is 37.3 Å². The third-order valence-corrected chi connectivity index (χ3v) is 3.65. The highest BCUT2D eigenvalue weighted by Crippen LogP contribution is 2.18. The number of hydrogen-bond acceptors (Lipinski definition) is 4. The summed E-state index contributed by atoms with van der Waals surface area (Å²) < 4.78 is 5.54. The lowest BCUT2D eigenvalue weighted by atomic mass is 10.1. The Hall–Kier alpha value is -3.39. The molecule has 2 aromatic carbocycles. The van der Waals surface area contributed by atoms with Crippen molar-refractivity contribution in [2.75, 3.05) is 6.61 Å². The zero-order chi connectivity index (χ0) is 17.6. The van der Waals surface area contributed by atoms with Crippen molar-refractivity contribution < 1.29 is 4.74 Å². The van der Waals surface area contributed by atoms with Gasteiger partial charge in [-0.1, -0.05) is 31.2 Å². The second-order valence-corrected chi connectivity index (χ2v) is 5.52. The van der Waals surface area contributed by atoms with Crippen LogP contribution in [0.5, 0.6) is 5.75 Å². The molecule has 0 aliphatic heterocycles. The van der Waals surface area contributed by atoms with Gasteiger partial charge in [-0.15, -0.1) is 0 Å². The highest BCUT2D eigenvalue weighted by molar-refractivity contribution is 5.89. The quantitative estimate of drug-likeness (QED) is 0.722. The van der Waals surface area contributed by atoms with Crippen molar-refractivity contribution in [1.82, 2.24) is 9.97 Å². The van der Waals surface area contributed by atoms with Crippen LogP contribution >= 0.6 is 0 Å². The number of H-pyrrole nitrogens is 1. The van der Waals surface area contributed by atoms with Gasteiger partial charge in [0.15, 0.2) is 5.82 Å². The van der Waals surface area contributed by atoms with Gasteiger partial charge in [0.1, 0.15) is 11.8 Å². The van der Waals surface area contributed by atoms with E-state index in [2.05, 4.69) is 16.0 Å². The molecular formula is C20H17N3O2. The number of aromatic nitrogens is 2. The van der Waals surface area contributed by atoms with Crippen LogP contribution in [0.15, 0.2) is 53.3 Å². The van der Waals surface area contributed by atoms with E-state index in [1.165, 1.54) is 0 Å². The van der Waals surface area contributed by atoms with Gasteiger partial charge in [-0.3, -0.25) is 4.79 Å². The number of rotatable bonds is 5. The number of ether oxygens (including phenoxy) is 1. The van der Waals surface area contributed by atoms with Gasteiger partial charge in [-0.2, -0.15) is 5.26 Å². The van der Waals surface area contributed by atoms with Crippen molar-refractivity contribution in [1.29, 1.82) is 5.26 Å². The average molecular weight is 331 g/mol. The number of benzene rings is 2. The molecule has 0 saturated carbocycles. The number of hydrogen-bond donors (Lipinski definition) is 1. The van der Waals surface area contributed by atoms with Crippen LogP contribution in [0.2, 0.25) is 0 Å². The highest BCUT2D eigenvalue weighted by Gasteiger charge is 2.08. The summed E-state index contributed by atoms with van der Waals surface area (Å²) in [7, 11) is 0. The Kier molecular flexibility index (Phi) is 4.91. The molecule has 0 unspecified atom stereocenters. The molecule has 5 heteroatoms.